The van der Waals surface area contributed by atoms with Crippen molar-refractivity contribution in [2.75, 3.05) is 19.4 Å². The van der Waals surface area contributed by atoms with Crippen LogP contribution in [-0.4, -0.2) is 31.5 Å². The van der Waals surface area contributed by atoms with Crippen molar-refractivity contribution in [1.29, 1.82) is 0 Å². The zero-order chi connectivity index (χ0) is 17.2. The second-order valence-corrected chi connectivity index (χ2v) is 6.44. The van der Waals surface area contributed by atoms with Gasteiger partial charge in [0.2, 0.25) is 0 Å². The van der Waals surface area contributed by atoms with Crippen LogP contribution in [0.1, 0.15) is 27.0 Å². The number of nitrogens with one attached hydrogen (secondary N) is 1. The van der Waals surface area contributed by atoms with Gasteiger partial charge in [-0.15, -0.1) is 0 Å². The summed E-state index contributed by atoms with van der Waals surface area (Å²) in [5, 5.41) is 6.63. The molecule has 0 atom stereocenters. The topological polar surface area (TPSA) is 50.7 Å². The molecule has 0 aliphatic rings. The van der Waals surface area contributed by atoms with Crippen molar-refractivity contribution in [3.8, 4) is 0 Å². The highest BCUT2D eigenvalue weighted by molar-refractivity contribution is 7.98. The number of rotatable bonds is 8. The molecular formula is C19H22N2O2S. The van der Waals surface area contributed by atoms with Gasteiger partial charge in [0.15, 0.2) is 0 Å². The molecule has 24 heavy (non-hydrogen) atoms. The van der Waals surface area contributed by atoms with E-state index in [0.717, 1.165) is 17.1 Å². The third-order valence-electron chi connectivity index (χ3n) is 3.40. The maximum atomic E-state index is 12.1. The van der Waals surface area contributed by atoms with Crippen molar-refractivity contribution in [2.45, 2.75) is 12.7 Å². The Labute approximate surface area is 147 Å². The number of aryl methyl sites for hydroxylation is 1. The summed E-state index contributed by atoms with van der Waals surface area (Å²) in [5.41, 5.74) is 4.12. The monoisotopic (exact) mass is 342 g/mol. The average molecular weight is 342 g/mol. The van der Waals surface area contributed by atoms with Gasteiger partial charge >= 0.3 is 0 Å². The molecular weight excluding hydrogens is 320 g/mol. The highest BCUT2D eigenvalue weighted by atomic mass is 32.2. The van der Waals surface area contributed by atoms with Crippen molar-refractivity contribution in [3.63, 3.8) is 0 Å². The molecule has 2 aromatic rings. The highest BCUT2D eigenvalue weighted by Crippen LogP contribution is 2.12. The average Bonchev–Trinajstić information content (AvgIpc) is 2.61. The van der Waals surface area contributed by atoms with E-state index in [0.29, 0.717) is 12.1 Å². The van der Waals surface area contributed by atoms with Crippen LogP contribution in [0.25, 0.3) is 0 Å². The zero-order valence-electron chi connectivity index (χ0n) is 14.0. The number of hydrogen-bond donors (Lipinski definition) is 1. The molecule has 4 nitrogen and oxygen atoms in total. The largest absolute Gasteiger partial charge is 0.399 e. The number of oxime groups is 1. The number of nitrogens with zero attached hydrogens (tertiary/aromatic N) is 1. The highest BCUT2D eigenvalue weighted by Gasteiger charge is 2.04. The number of thioether (sulfide) groups is 1. The van der Waals surface area contributed by atoms with Gasteiger partial charge in [0, 0.05) is 23.6 Å². The van der Waals surface area contributed by atoms with Crippen LogP contribution in [0.2, 0.25) is 0 Å². The number of carbonyl (C=O) groups excluding carboxylic acids is 1. The summed E-state index contributed by atoms with van der Waals surface area (Å²) in [6, 6.07) is 15.8. The third-order valence-corrected chi connectivity index (χ3v) is 4.43. The summed E-state index contributed by atoms with van der Waals surface area (Å²) in [6.45, 7) is 2.74. The van der Waals surface area contributed by atoms with Crippen LogP contribution in [-0.2, 0) is 10.6 Å². The van der Waals surface area contributed by atoms with Gasteiger partial charge in [-0.3, -0.25) is 4.79 Å². The summed E-state index contributed by atoms with van der Waals surface area (Å²) >= 11 is 1.81. The summed E-state index contributed by atoms with van der Waals surface area (Å²) in [7, 11) is 1.50. The van der Waals surface area contributed by atoms with Crippen LogP contribution in [0.5, 0.6) is 0 Å². The quantitative estimate of drug-likeness (QED) is 0.453. The van der Waals surface area contributed by atoms with Gasteiger partial charge in [-0.1, -0.05) is 47.1 Å². The first kappa shape index (κ1) is 18.1. The van der Waals surface area contributed by atoms with Crippen LogP contribution < -0.4 is 5.32 Å². The Bertz CT molecular complexity index is 667. The number of hydrogen-bond acceptors (Lipinski definition) is 4. The lowest BCUT2D eigenvalue weighted by Gasteiger charge is -2.06. The predicted octanol–water partition coefficient (Wildman–Crippen LogP) is 3.64. The van der Waals surface area contributed by atoms with E-state index in [2.05, 4.69) is 46.5 Å². The first-order chi connectivity index (χ1) is 11.7. The van der Waals surface area contributed by atoms with Gasteiger partial charge in [-0.05, 0) is 30.2 Å². The first-order valence-electron chi connectivity index (χ1n) is 7.77. The molecule has 0 unspecified atom stereocenters. The van der Waals surface area contributed by atoms with Gasteiger partial charge in [0.05, 0.1) is 6.21 Å². The minimum absolute atomic E-state index is 0.0545. The second-order valence-electron chi connectivity index (χ2n) is 5.33. The fraction of sp³-hybridized carbons (Fsp3) is 0.263. The lowest BCUT2D eigenvalue weighted by Crippen LogP contribution is -2.25. The normalized spacial score (nSPS) is 10.8. The molecule has 2 rings (SSSR count). The van der Waals surface area contributed by atoms with E-state index in [1.54, 1.807) is 18.3 Å². The second kappa shape index (κ2) is 9.78. The Morgan fingerprint density at radius 1 is 1.17 bits per heavy atom. The molecule has 1 amide bonds. The van der Waals surface area contributed by atoms with Crippen LogP contribution in [0.4, 0.5) is 0 Å². The van der Waals surface area contributed by atoms with E-state index >= 15 is 0 Å². The molecule has 0 aliphatic heterocycles. The molecule has 0 aliphatic carbocycles. The van der Waals surface area contributed by atoms with Gasteiger partial charge in [-0.2, -0.15) is 11.8 Å². The standard InChI is InChI=1S/C19H22N2O2S/c1-15-3-5-17(6-4-15)14-24-12-11-20-19(22)18-9-7-16(8-10-18)13-21-23-2/h3-10,13H,11-12,14H2,1-2H3,(H,20,22)/b21-13+. The molecule has 0 bridgehead atoms. The molecule has 5 heteroatoms. The van der Waals surface area contributed by atoms with Crippen molar-refractivity contribution >= 4 is 23.9 Å². The number of benzene rings is 2. The minimum Gasteiger partial charge on any atom is -0.399 e. The van der Waals surface area contributed by atoms with E-state index in [1.807, 2.05) is 23.9 Å². The van der Waals surface area contributed by atoms with Gasteiger partial charge < -0.3 is 10.2 Å². The molecule has 0 spiro atoms. The van der Waals surface area contributed by atoms with Crippen LogP contribution in [0.3, 0.4) is 0 Å². The molecule has 0 fully saturated rings. The van der Waals surface area contributed by atoms with Crippen molar-refractivity contribution < 1.29 is 9.63 Å². The lowest BCUT2D eigenvalue weighted by molar-refractivity contribution is 0.0956. The van der Waals surface area contributed by atoms with Gasteiger partial charge in [0.1, 0.15) is 7.11 Å². The van der Waals surface area contributed by atoms with Crippen molar-refractivity contribution in [3.05, 3.63) is 70.8 Å². The van der Waals surface area contributed by atoms with Crippen LogP contribution >= 0.6 is 11.8 Å². The molecule has 2 aromatic carbocycles. The smallest absolute Gasteiger partial charge is 0.251 e. The predicted molar refractivity (Wildman–Crippen MR) is 101 cm³/mol. The summed E-state index contributed by atoms with van der Waals surface area (Å²) in [5.74, 6) is 1.79. The fourth-order valence-electron chi connectivity index (χ4n) is 2.05. The maximum absolute atomic E-state index is 12.1. The Kier molecular flexibility index (Phi) is 7.36. The molecule has 0 saturated heterocycles. The first-order valence-corrected chi connectivity index (χ1v) is 8.92. The molecule has 0 radical (unpaired) electrons. The lowest BCUT2D eigenvalue weighted by atomic mass is 10.1. The van der Waals surface area contributed by atoms with E-state index in [4.69, 9.17) is 0 Å². The molecule has 0 aromatic heterocycles. The molecule has 126 valence electrons. The number of amides is 1. The van der Waals surface area contributed by atoms with Crippen LogP contribution in [0.15, 0.2) is 53.7 Å². The maximum Gasteiger partial charge on any atom is 0.251 e. The number of carbonyl (C=O) groups is 1. The Balaban J connectivity index is 1.69. The third kappa shape index (κ3) is 6.08. The van der Waals surface area contributed by atoms with Crippen LogP contribution in [0, 0.1) is 6.92 Å². The van der Waals surface area contributed by atoms with Gasteiger partial charge in [0.25, 0.3) is 5.91 Å². The minimum atomic E-state index is -0.0545. The molecule has 0 saturated carbocycles. The Morgan fingerprint density at radius 2 is 1.88 bits per heavy atom. The fourth-order valence-corrected chi connectivity index (χ4v) is 2.87. The summed E-state index contributed by atoms with van der Waals surface area (Å²) < 4.78 is 0. The Hall–Kier alpha value is -2.27. The van der Waals surface area contributed by atoms with E-state index in [9.17, 15) is 4.79 Å². The SMILES string of the molecule is CO/N=C/c1ccc(C(=O)NCCSCc2ccc(C)cc2)cc1. The van der Waals surface area contributed by atoms with E-state index < -0.39 is 0 Å². The Morgan fingerprint density at radius 3 is 2.54 bits per heavy atom. The van der Waals surface area contributed by atoms with E-state index in [-0.39, 0.29) is 5.91 Å². The molecule has 1 N–H and O–H groups in total. The summed E-state index contributed by atoms with van der Waals surface area (Å²) in [4.78, 5) is 16.7. The van der Waals surface area contributed by atoms with Crippen molar-refractivity contribution in [2.24, 2.45) is 5.16 Å². The van der Waals surface area contributed by atoms with Crippen molar-refractivity contribution in [1.82, 2.24) is 5.32 Å². The van der Waals surface area contributed by atoms with Gasteiger partial charge in [-0.25, -0.2) is 0 Å². The molecule has 0 heterocycles. The zero-order valence-corrected chi connectivity index (χ0v) is 14.8. The summed E-state index contributed by atoms with van der Waals surface area (Å²) in [6.07, 6.45) is 1.60. The van der Waals surface area contributed by atoms with E-state index in [1.165, 1.54) is 18.2 Å².